The SMILES string of the molecule is CC1(c2cccc(NC(=O)c3cnccc3C(F)(F)F)c2)CCSC(N)=N1. The molecular weight excluding hydrogens is 377 g/mol. The fourth-order valence-electron chi connectivity index (χ4n) is 2.85. The Morgan fingerprint density at radius 3 is 2.81 bits per heavy atom. The average Bonchev–Trinajstić information content (AvgIpc) is 2.61. The Balaban J connectivity index is 1.88. The Bertz CT molecular complexity index is 900. The number of thioether (sulfide) groups is 1. The Labute approximate surface area is 158 Å². The highest BCUT2D eigenvalue weighted by molar-refractivity contribution is 8.13. The maximum absolute atomic E-state index is 13.1. The van der Waals surface area contributed by atoms with Gasteiger partial charge in [-0.2, -0.15) is 13.2 Å². The van der Waals surface area contributed by atoms with Crippen LogP contribution in [-0.4, -0.2) is 21.8 Å². The van der Waals surface area contributed by atoms with Crippen LogP contribution in [-0.2, 0) is 11.7 Å². The van der Waals surface area contributed by atoms with Crippen LogP contribution in [0.25, 0.3) is 0 Å². The van der Waals surface area contributed by atoms with E-state index >= 15 is 0 Å². The van der Waals surface area contributed by atoms with Crippen molar-refractivity contribution < 1.29 is 18.0 Å². The predicted molar refractivity (Wildman–Crippen MR) is 99.7 cm³/mol. The van der Waals surface area contributed by atoms with Crippen molar-refractivity contribution in [2.45, 2.75) is 25.1 Å². The molecule has 3 N–H and O–H groups in total. The summed E-state index contributed by atoms with van der Waals surface area (Å²) in [5, 5.41) is 3.00. The number of anilines is 1. The summed E-state index contributed by atoms with van der Waals surface area (Å²) in [5.74, 6) is -0.0625. The summed E-state index contributed by atoms with van der Waals surface area (Å²) in [4.78, 5) is 20.5. The summed E-state index contributed by atoms with van der Waals surface area (Å²) >= 11 is 1.48. The second-order valence-electron chi connectivity index (χ2n) is 6.28. The van der Waals surface area contributed by atoms with E-state index in [0.717, 1.165) is 36.2 Å². The normalized spacial score (nSPS) is 20.1. The lowest BCUT2D eigenvalue weighted by Crippen LogP contribution is -2.28. The van der Waals surface area contributed by atoms with Gasteiger partial charge in [0.25, 0.3) is 5.91 Å². The minimum atomic E-state index is -4.64. The number of carbonyl (C=O) groups is 1. The summed E-state index contributed by atoms with van der Waals surface area (Å²) in [5.41, 5.74) is 4.93. The van der Waals surface area contributed by atoms with Gasteiger partial charge in [0.2, 0.25) is 0 Å². The minimum absolute atomic E-state index is 0.378. The number of amidine groups is 1. The van der Waals surface area contributed by atoms with E-state index in [1.807, 2.05) is 13.0 Å². The number of halogens is 3. The number of nitrogens with one attached hydrogen (secondary N) is 1. The number of benzene rings is 1. The van der Waals surface area contributed by atoms with Gasteiger partial charge in [0.05, 0.1) is 16.7 Å². The van der Waals surface area contributed by atoms with Crippen LogP contribution in [0.3, 0.4) is 0 Å². The number of hydrogen-bond donors (Lipinski definition) is 2. The van der Waals surface area contributed by atoms with Crippen molar-refractivity contribution >= 4 is 28.5 Å². The fraction of sp³-hybridized carbons (Fsp3) is 0.278. The number of carbonyl (C=O) groups excluding carboxylic acids is 1. The molecule has 1 aromatic heterocycles. The molecule has 1 aliphatic rings. The van der Waals surface area contributed by atoms with Crippen molar-refractivity contribution in [2.24, 2.45) is 10.7 Å². The molecule has 0 aliphatic carbocycles. The standard InChI is InChI=1S/C18H17F3N4OS/c1-17(6-8-27-16(22)25-17)11-3-2-4-12(9-11)24-15(26)13-10-23-7-5-14(13)18(19,20)21/h2-5,7,9-10H,6,8H2,1H3,(H2,22,25)(H,24,26). The summed E-state index contributed by atoms with van der Waals surface area (Å²) in [6.07, 6.45) is -1.97. The van der Waals surface area contributed by atoms with E-state index in [1.54, 1.807) is 18.2 Å². The number of nitrogens with zero attached hydrogens (tertiary/aromatic N) is 2. The first kappa shape index (κ1) is 19.2. The number of aliphatic imine (C=N–C) groups is 1. The first-order valence-electron chi connectivity index (χ1n) is 8.10. The number of hydrogen-bond acceptors (Lipinski definition) is 5. The van der Waals surface area contributed by atoms with Crippen molar-refractivity contribution in [3.8, 4) is 0 Å². The topological polar surface area (TPSA) is 80.4 Å². The highest BCUT2D eigenvalue weighted by Gasteiger charge is 2.35. The monoisotopic (exact) mass is 394 g/mol. The third-order valence-electron chi connectivity index (χ3n) is 4.31. The molecule has 1 aromatic carbocycles. The molecule has 1 unspecified atom stereocenters. The van der Waals surface area contributed by atoms with E-state index < -0.39 is 28.7 Å². The molecule has 0 spiro atoms. The first-order chi connectivity index (χ1) is 12.7. The number of rotatable bonds is 3. The number of pyridine rings is 1. The van der Waals surface area contributed by atoms with Gasteiger partial charge >= 0.3 is 6.18 Å². The quantitative estimate of drug-likeness (QED) is 0.824. The number of alkyl halides is 3. The third kappa shape index (κ3) is 4.24. The molecule has 2 heterocycles. The highest BCUT2D eigenvalue weighted by atomic mass is 32.2. The Morgan fingerprint density at radius 2 is 2.11 bits per heavy atom. The van der Waals surface area contributed by atoms with Crippen molar-refractivity contribution in [1.29, 1.82) is 0 Å². The second kappa shape index (κ2) is 7.22. The van der Waals surface area contributed by atoms with Gasteiger partial charge < -0.3 is 11.1 Å². The maximum atomic E-state index is 13.1. The zero-order chi connectivity index (χ0) is 19.7. The van der Waals surface area contributed by atoms with Gasteiger partial charge in [-0.1, -0.05) is 23.9 Å². The molecule has 142 valence electrons. The third-order valence-corrected chi connectivity index (χ3v) is 5.10. The predicted octanol–water partition coefficient (Wildman–Crippen LogP) is 4.02. The van der Waals surface area contributed by atoms with Gasteiger partial charge in [-0.05, 0) is 37.1 Å². The maximum Gasteiger partial charge on any atom is 0.417 e. The van der Waals surface area contributed by atoms with Crippen LogP contribution >= 0.6 is 11.8 Å². The van der Waals surface area contributed by atoms with Gasteiger partial charge in [-0.25, -0.2) is 0 Å². The number of aromatic nitrogens is 1. The Morgan fingerprint density at radius 1 is 1.33 bits per heavy atom. The van der Waals surface area contributed by atoms with Crippen molar-refractivity contribution in [2.75, 3.05) is 11.1 Å². The molecule has 0 saturated carbocycles. The van der Waals surface area contributed by atoms with Crippen LogP contribution in [0.1, 0.15) is 34.8 Å². The van der Waals surface area contributed by atoms with E-state index in [2.05, 4.69) is 15.3 Å². The van der Waals surface area contributed by atoms with E-state index in [9.17, 15) is 18.0 Å². The van der Waals surface area contributed by atoms with Crippen molar-refractivity contribution in [3.05, 3.63) is 59.4 Å². The fourth-order valence-corrected chi connectivity index (χ4v) is 3.82. The van der Waals surface area contributed by atoms with E-state index in [0.29, 0.717) is 10.9 Å². The molecule has 1 amide bonds. The van der Waals surface area contributed by atoms with Gasteiger partial charge in [-0.3, -0.25) is 14.8 Å². The van der Waals surface area contributed by atoms with Gasteiger partial charge in [0, 0.05) is 23.8 Å². The molecule has 1 atom stereocenters. The van der Waals surface area contributed by atoms with Crippen LogP contribution < -0.4 is 11.1 Å². The molecule has 0 bridgehead atoms. The lowest BCUT2D eigenvalue weighted by molar-refractivity contribution is -0.138. The van der Waals surface area contributed by atoms with Crippen LogP contribution in [0.15, 0.2) is 47.7 Å². The van der Waals surface area contributed by atoms with Crippen molar-refractivity contribution in [3.63, 3.8) is 0 Å². The van der Waals surface area contributed by atoms with E-state index in [4.69, 9.17) is 5.73 Å². The second-order valence-corrected chi connectivity index (χ2v) is 7.39. The van der Waals surface area contributed by atoms with Crippen molar-refractivity contribution in [1.82, 2.24) is 4.98 Å². The first-order valence-corrected chi connectivity index (χ1v) is 9.09. The highest BCUT2D eigenvalue weighted by Crippen LogP contribution is 2.36. The molecule has 5 nitrogen and oxygen atoms in total. The van der Waals surface area contributed by atoms with Crippen LogP contribution in [0.2, 0.25) is 0 Å². The van der Waals surface area contributed by atoms with Crippen LogP contribution in [0.5, 0.6) is 0 Å². The molecular formula is C18H17F3N4OS. The lowest BCUT2D eigenvalue weighted by Gasteiger charge is -2.30. The summed E-state index contributed by atoms with van der Waals surface area (Å²) in [7, 11) is 0. The molecule has 3 rings (SSSR count). The summed E-state index contributed by atoms with van der Waals surface area (Å²) in [6, 6.07) is 7.67. The molecule has 1 aliphatic heterocycles. The van der Waals surface area contributed by atoms with Crippen LogP contribution in [0, 0.1) is 0 Å². The summed E-state index contributed by atoms with van der Waals surface area (Å²) in [6.45, 7) is 1.93. The molecule has 0 saturated heterocycles. The summed E-state index contributed by atoms with van der Waals surface area (Å²) < 4.78 is 39.3. The average molecular weight is 394 g/mol. The number of nitrogens with two attached hydrogens (primary N) is 1. The van der Waals surface area contributed by atoms with E-state index in [-0.39, 0.29) is 0 Å². The minimum Gasteiger partial charge on any atom is -0.379 e. The van der Waals surface area contributed by atoms with E-state index in [1.165, 1.54) is 11.8 Å². The molecule has 0 fully saturated rings. The van der Waals surface area contributed by atoms with Gasteiger partial charge in [0.1, 0.15) is 0 Å². The molecule has 2 aromatic rings. The lowest BCUT2D eigenvalue weighted by atomic mass is 9.89. The zero-order valence-electron chi connectivity index (χ0n) is 14.4. The molecule has 27 heavy (non-hydrogen) atoms. The number of amides is 1. The Kier molecular flexibility index (Phi) is 5.14. The zero-order valence-corrected chi connectivity index (χ0v) is 15.2. The largest absolute Gasteiger partial charge is 0.417 e. The van der Waals surface area contributed by atoms with Gasteiger partial charge in [-0.15, -0.1) is 0 Å². The Hall–Kier alpha value is -2.55. The van der Waals surface area contributed by atoms with Crippen LogP contribution in [0.4, 0.5) is 18.9 Å². The molecule has 0 radical (unpaired) electrons. The molecule has 9 heteroatoms. The van der Waals surface area contributed by atoms with Gasteiger partial charge in [0.15, 0.2) is 5.17 Å². The smallest absolute Gasteiger partial charge is 0.379 e.